The summed E-state index contributed by atoms with van der Waals surface area (Å²) in [7, 11) is 0. The van der Waals surface area contributed by atoms with E-state index >= 15 is 0 Å². The summed E-state index contributed by atoms with van der Waals surface area (Å²) in [6, 6.07) is 6.13. The lowest BCUT2D eigenvalue weighted by Crippen LogP contribution is -2.09. The van der Waals surface area contributed by atoms with Crippen molar-refractivity contribution in [3.05, 3.63) is 63.9 Å². The zero-order valence-corrected chi connectivity index (χ0v) is 11.7. The lowest BCUT2D eigenvalue weighted by molar-refractivity contribution is -0.137. The molecule has 0 aliphatic carbocycles. The topological polar surface area (TPSA) is 30.0 Å². The van der Waals surface area contributed by atoms with Crippen molar-refractivity contribution in [3.8, 4) is 0 Å². The van der Waals surface area contributed by atoms with Crippen molar-refractivity contribution in [3.63, 3.8) is 0 Å². The lowest BCUT2D eigenvalue weighted by Gasteiger charge is -2.08. The number of aromatic nitrogens is 1. The number of carbonyl (C=O) groups excluding carboxylic acids is 1. The van der Waals surface area contributed by atoms with E-state index in [1.807, 2.05) is 0 Å². The number of nitrogens with zero attached hydrogens (tertiary/aromatic N) is 1. The van der Waals surface area contributed by atoms with Crippen LogP contribution in [0.15, 0.2) is 47.2 Å². The van der Waals surface area contributed by atoms with Crippen LogP contribution in [0.2, 0.25) is 0 Å². The molecule has 2 rings (SSSR count). The number of ketones is 1. The molecule has 0 radical (unpaired) electrons. The third kappa shape index (κ3) is 3.66. The van der Waals surface area contributed by atoms with Crippen LogP contribution in [0.3, 0.4) is 0 Å². The Morgan fingerprint density at radius 3 is 2.60 bits per heavy atom. The van der Waals surface area contributed by atoms with E-state index in [2.05, 4.69) is 20.9 Å². The van der Waals surface area contributed by atoms with Gasteiger partial charge in [0.05, 0.1) is 5.56 Å². The summed E-state index contributed by atoms with van der Waals surface area (Å²) in [4.78, 5) is 15.9. The van der Waals surface area contributed by atoms with Gasteiger partial charge >= 0.3 is 6.18 Å². The van der Waals surface area contributed by atoms with Crippen molar-refractivity contribution in [2.24, 2.45) is 0 Å². The highest BCUT2D eigenvalue weighted by Crippen LogP contribution is 2.29. The monoisotopic (exact) mass is 343 g/mol. The van der Waals surface area contributed by atoms with Gasteiger partial charge in [-0.3, -0.25) is 9.78 Å². The van der Waals surface area contributed by atoms with Gasteiger partial charge in [0.25, 0.3) is 0 Å². The largest absolute Gasteiger partial charge is 0.416 e. The molecular formula is C14H9BrF3NO. The summed E-state index contributed by atoms with van der Waals surface area (Å²) < 4.78 is 38.5. The molecule has 20 heavy (non-hydrogen) atoms. The fraction of sp³-hybridized carbons (Fsp3) is 0.143. The van der Waals surface area contributed by atoms with Gasteiger partial charge in [-0.05, 0) is 39.7 Å². The summed E-state index contributed by atoms with van der Waals surface area (Å²) in [6.45, 7) is 0. The van der Waals surface area contributed by atoms with E-state index in [1.54, 1.807) is 12.3 Å². The van der Waals surface area contributed by atoms with Crippen molar-refractivity contribution in [2.45, 2.75) is 12.6 Å². The van der Waals surface area contributed by atoms with Crippen molar-refractivity contribution < 1.29 is 18.0 Å². The Labute approximate surface area is 121 Å². The number of hydrogen-bond donors (Lipinski definition) is 0. The van der Waals surface area contributed by atoms with E-state index in [-0.39, 0.29) is 17.8 Å². The molecule has 0 spiro atoms. The summed E-state index contributed by atoms with van der Waals surface area (Å²) in [6.07, 6.45) is -1.37. The number of carbonyl (C=O) groups is 1. The van der Waals surface area contributed by atoms with Crippen LogP contribution < -0.4 is 0 Å². The quantitative estimate of drug-likeness (QED) is 0.778. The zero-order chi connectivity index (χ0) is 14.8. The Balaban J connectivity index is 2.22. The number of alkyl halides is 3. The Bertz CT molecular complexity index is 640. The maximum absolute atomic E-state index is 12.6. The Morgan fingerprint density at radius 2 is 1.95 bits per heavy atom. The predicted molar refractivity (Wildman–Crippen MR) is 71.4 cm³/mol. The fourth-order valence-electron chi connectivity index (χ4n) is 1.71. The van der Waals surface area contributed by atoms with Crippen molar-refractivity contribution in [1.82, 2.24) is 4.98 Å². The SMILES string of the molecule is O=C(Cc1cncc(Br)c1)c1cccc(C(F)(F)F)c1. The summed E-state index contributed by atoms with van der Waals surface area (Å²) in [5, 5.41) is 0. The first-order chi connectivity index (χ1) is 9.36. The lowest BCUT2D eigenvalue weighted by atomic mass is 10.0. The minimum atomic E-state index is -4.45. The van der Waals surface area contributed by atoms with Gasteiger partial charge in [0, 0.05) is 28.9 Å². The number of hydrogen-bond acceptors (Lipinski definition) is 2. The summed E-state index contributed by atoms with van der Waals surface area (Å²) in [5.74, 6) is -0.379. The first-order valence-corrected chi connectivity index (χ1v) is 6.45. The van der Waals surface area contributed by atoms with E-state index in [0.29, 0.717) is 10.0 Å². The van der Waals surface area contributed by atoms with Crippen LogP contribution in [0, 0.1) is 0 Å². The maximum atomic E-state index is 12.6. The first kappa shape index (κ1) is 14.7. The molecule has 0 aliphatic rings. The second kappa shape index (κ2) is 5.75. The molecule has 0 N–H and O–H groups in total. The average molecular weight is 344 g/mol. The molecule has 0 bridgehead atoms. The number of halogens is 4. The second-order valence-corrected chi connectivity index (χ2v) is 5.11. The highest BCUT2D eigenvalue weighted by Gasteiger charge is 2.30. The van der Waals surface area contributed by atoms with Crippen LogP contribution in [0.25, 0.3) is 0 Å². The number of benzene rings is 1. The molecule has 1 aromatic heterocycles. The maximum Gasteiger partial charge on any atom is 0.416 e. The van der Waals surface area contributed by atoms with Gasteiger partial charge in [-0.2, -0.15) is 13.2 Å². The molecular weight excluding hydrogens is 335 g/mol. The number of Topliss-reactive ketones (excluding diaryl/α,β-unsaturated/α-hetero) is 1. The van der Waals surface area contributed by atoms with Gasteiger partial charge in [0.2, 0.25) is 0 Å². The summed E-state index contributed by atoms with van der Waals surface area (Å²) >= 11 is 3.22. The van der Waals surface area contributed by atoms with Gasteiger partial charge in [-0.15, -0.1) is 0 Å². The molecule has 0 saturated heterocycles. The highest BCUT2D eigenvalue weighted by molar-refractivity contribution is 9.10. The van der Waals surface area contributed by atoms with E-state index in [0.717, 1.165) is 12.1 Å². The van der Waals surface area contributed by atoms with E-state index in [1.165, 1.54) is 18.3 Å². The van der Waals surface area contributed by atoms with E-state index in [4.69, 9.17) is 0 Å². The van der Waals surface area contributed by atoms with Crippen LogP contribution in [0.1, 0.15) is 21.5 Å². The molecule has 6 heteroatoms. The van der Waals surface area contributed by atoms with Crippen molar-refractivity contribution >= 4 is 21.7 Å². The van der Waals surface area contributed by atoms with Crippen LogP contribution in [0.4, 0.5) is 13.2 Å². The van der Waals surface area contributed by atoms with E-state index in [9.17, 15) is 18.0 Å². The van der Waals surface area contributed by atoms with E-state index < -0.39 is 11.7 Å². The Morgan fingerprint density at radius 1 is 1.20 bits per heavy atom. The number of pyridine rings is 1. The van der Waals surface area contributed by atoms with Crippen LogP contribution in [0.5, 0.6) is 0 Å². The fourth-order valence-corrected chi connectivity index (χ4v) is 2.12. The third-order valence-electron chi connectivity index (χ3n) is 2.64. The smallest absolute Gasteiger partial charge is 0.294 e. The second-order valence-electron chi connectivity index (χ2n) is 4.19. The van der Waals surface area contributed by atoms with Crippen LogP contribution >= 0.6 is 15.9 Å². The molecule has 0 amide bonds. The molecule has 0 unspecified atom stereocenters. The molecule has 0 fully saturated rings. The minimum absolute atomic E-state index is 0.00769. The molecule has 2 aromatic rings. The molecule has 1 heterocycles. The number of rotatable bonds is 3. The average Bonchev–Trinajstić information content (AvgIpc) is 2.38. The molecule has 0 aliphatic heterocycles. The van der Waals surface area contributed by atoms with Gasteiger partial charge in [0.1, 0.15) is 0 Å². The Kier molecular flexibility index (Phi) is 4.23. The Hall–Kier alpha value is -1.69. The molecule has 2 nitrogen and oxygen atoms in total. The molecule has 0 atom stereocenters. The summed E-state index contributed by atoms with van der Waals surface area (Å²) in [5.41, 5.74) is -0.141. The predicted octanol–water partition coefficient (Wildman–Crippen LogP) is 4.29. The molecule has 0 saturated carbocycles. The van der Waals surface area contributed by atoms with Gasteiger partial charge < -0.3 is 0 Å². The molecule has 104 valence electrons. The third-order valence-corrected chi connectivity index (χ3v) is 3.07. The zero-order valence-electron chi connectivity index (χ0n) is 10.1. The van der Waals surface area contributed by atoms with Crippen LogP contribution in [-0.4, -0.2) is 10.8 Å². The first-order valence-electron chi connectivity index (χ1n) is 5.66. The minimum Gasteiger partial charge on any atom is -0.294 e. The normalized spacial score (nSPS) is 11.4. The highest BCUT2D eigenvalue weighted by atomic mass is 79.9. The van der Waals surface area contributed by atoms with Gasteiger partial charge in [-0.25, -0.2) is 0 Å². The van der Waals surface area contributed by atoms with Crippen molar-refractivity contribution in [2.75, 3.05) is 0 Å². The van der Waals surface area contributed by atoms with Crippen LogP contribution in [-0.2, 0) is 12.6 Å². The van der Waals surface area contributed by atoms with Gasteiger partial charge in [-0.1, -0.05) is 12.1 Å². The van der Waals surface area contributed by atoms with Crippen molar-refractivity contribution in [1.29, 1.82) is 0 Å². The van der Waals surface area contributed by atoms with Gasteiger partial charge in [0.15, 0.2) is 5.78 Å². The standard InChI is InChI=1S/C14H9BrF3NO/c15-12-4-9(7-19-8-12)5-13(20)10-2-1-3-11(6-10)14(16,17)18/h1-4,6-8H,5H2. The molecule has 1 aromatic carbocycles.